The minimum atomic E-state index is 0.465. The standard InChI is InChI=1S/C11H20BN/c12-10-6-2-3-7-11(10)13-8-4-1-5-9-13/h10-11H,1-9H2/t10-,11-/m1/s1. The molecule has 0 aromatic carbocycles. The highest BCUT2D eigenvalue weighted by Crippen LogP contribution is 2.31. The van der Waals surface area contributed by atoms with Crippen LogP contribution in [0.1, 0.15) is 44.9 Å². The summed E-state index contributed by atoms with van der Waals surface area (Å²) in [5.41, 5.74) is 0. The Kier molecular flexibility index (Phi) is 3.31. The molecule has 0 amide bonds. The van der Waals surface area contributed by atoms with Gasteiger partial charge >= 0.3 is 0 Å². The Morgan fingerprint density at radius 2 is 1.54 bits per heavy atom. The van der Waals surface area contributed by atoms with Gasteiger partial charge in [0.2, 0.25) is 0 Å². The number of piperidine rings is 1. The maximum atomic E-state index is 6.17. The van der Waals surface area contributed by atoms with E-state index in [1.54, 1.807) is 0 Å². The van der Waals surface area contributed by atoms with E-state index in [0.29, 0.717) is 11.9 Å². The van der Waals surface area contributed by atoms with Gasteiger partial charge in [-0.2, -0.15) is 0 Å². The van der Waals surface area contributed by atoms with Gasteiger partial charge in [0.25, 0.3) is 0 Å². The summed E-state index contributed by atoms with van der Waals surface area (Å²) in [5.74, 6) is 0.465. The number of likely N-dealkylation sites (tertiary alicyclic amines) is 1. The minimum absolute atomic E-state index is 0.465. The van der Waals surface area contributed by atoms with Gasteiger partial charge in [0, 0.05) is 6.04 Å². The van der Waals surface area contributed by atoms with Gasteiger partial charge in [-0.1, -0.05) is 31.5 Å². The molecule has 2 atom stereocenters. The molecule has 0 bridgehead atoms. The van der Waals surface area contributed by atoms with E-state index in [1.165, 1.54) is 58.0 Å². The first-order chi connectivity index (χ1) is 6.38. The zero-order valence-electron chi connectivity index (χ0n) is 8.54. The highest BCUT2D eigenvalue weighted by atomic mass is 15.2. The normalized spacial score (nSPS) is 37.5. The molecule has 72 valence electrons. The van der Waals surface area contributed by atoms with Crippen LogP contribution in [-0.4, -0.2) is 31.9 Å². The van der Waals surface area contributed by atoms with Gasteiger partial charge in [0.1, 0.15) is 0 Å². The Hall–Kier alpha value is 0.0249. The SMILES string of the molecule is [B][C@@H]1CCCC[C@H]1N1CCCCC1. The van der Waals surface area contributed by atoms with Gasteiger partial charge in [-0.15, -0.1) is 0 Å². The Balaban J connectivity index is 1.88. The molecule has 0 aromatic heterocycles. The fourth-order valence-corrected chi connectivity index (χ4v) is 2.84. The molecule has 1 nitrogen and oxygen atoms in total. The van der Waals surface area contributed by atoms with Gasteiger partial charge in [0.05, 0.1) is 7.85 Å². The first-order valence-electron chi connectivity index (χ1n) is 5.87. The molecule has 2 radical (unpaired) electrons. The van der Waals surface area contributed by atoms with E-state index in [-0.39, 0.29) is 0 Å². The number of nitrogens with zero attached hydrogens (tertiary/aromatic N) is 1. The Bertz CT molecular complexity index is 154. The van der Waals surface area contributed by atoms with Crippen LogP contribution in [0.5, 0.6) is 0 Å². The van der Waals surface area contributed by atoms with E-state index in [9.17, 15) is 0 Å². The van der Waals surface area contributed by atoms with E-state index in [4.69, 9.17) is 7.85 Å². The van der Waals surface area contributed by atoms with Crippen LogP contribution in [0.15, 0.2) is 0 Å². The average Bonchev–Trinajstić information content (AvgIpc) is 2.20. The van der Waals surface area contributed by atoms with Crippen LogP contribution in [0.25, 0.3) is 0 Å². The van der Waals surface area contributed by atoms with Crippen molar-refractivity contribution in [2.45, 2.75) is 56.8 Å². The summed E-state index contributed by atoms with van der Waals surface area (Å²) in [6.45, 7) is 2.61. The van der Waals surface area contributed by atoms with Crippen LogP contribution in [-0.2, 0) is 0 Å². The average molecular weight is 177 g/mol. The van der Waals surface area contributed by atoms with E-state index < -0.39 is 0 Å². The molecule has 2 rings (SSSR count). The second-order valence-electron chi connectivity index (χ2n) is 4.61. The molecule has 1 saturated heterocycles. The molecule has 1 aliphatic carbocycles. The molecule has 13 heavy (non-hydrogen) atoms. The number of hydrogen-bond donors (Lipinski definition) is 0. The lowest BCUT2D eigenvalue weighted by molar-refractivity contribution is 0.131. The maximum absolute atomic E-state index is 6.17. The van der Waals surface area contributed by atoms with Crippen molar-refractivity contribution in [1.29, 1.82) is 0 Å². The summed E-state index contributed by atoms with van der Waals surface area (Å²) in [6.07, 6.45) is 9.56. The highest BCUT2D eigenvalue weighted by Gasteiger charge is 2.27. The van der Waals surface area contributed by atoms with E-state index >= 15 is 0 Å². The van der Waals surface area contributed by atoms with Gasteiger partial charge in [0.15, 0.2) is 0 Å². The maximum Gasteiger partial charge on any atom is 0.0720 e. The van der Waals surface area contributed by atoms with E-state index in [1.807, 2.05) is 0 Å². The van der Waals surface area contributed by atoms with Crippen molar-refractivity contribution in [2.75, 3.05) is 13.1 Å². The second kappa shape index (κ2) is 4.50. The fraction of sp³-hybridized carbons (Fsp3) is 1.00. The molecule has 0 spiro atoms. The Morgan fingerprint density at radius 3 is 2.23 bits per heavy atom. The van der Waals surface area contributed by atoms with Crippen molar-refractivity contribution in [1.82, 2.24) is 4.90 Å². The zero-order valence-corrected chi connectivity index (χ0v) is 8.54. The predicted molar refractivity (Wildman–Crippen MR) is 57.2 cm³/mol. The molecule has 0 unspecified atom stereocenters. The lowest BCUT2D eigenvalue weighted by Gasteiger charge is -2.40. The molecule has 2 fully saturated rings. The summed E-state index contributed by atoms with van der Waals surface area (Å²) in [7, 11) is 6.17. The lowest BCUT2D eigenvalue weighted by Crippen LogP contribution is -2.43. The Labute approximate surface area is 83.3 Å². The summed E-state index contributed by atoms with van der Waals surface area (Å²) in [6, 6.07) is 0.717. The number of hydrogen-bond acceptors (Lipinski definition) is 1. The van der Waals surface area contributed by atoms with Crippen LogP contribution in [0.3, 0.4) is 0 Å². The molecule has 2 heteroatoms. The molecule has 0 N–H and O–H groups in total. The van der Waals surface area contributed by atoms with Crippen molar-refractivity contribution in [3.8, 4) is 0 Å². The summed E-state index contributed by atoms with van der Waals surface area (Å²) >= 11 is 0. The molecule has 2 aliphatic rings. The largest absolute Gasteiger partial charge is 0.301 e. The molecule has 1 saturated carbocycles. The van der Waals surface area contributed by atoms with E-state index in [0.717, 1.165) is 0 Å². The van der Waals surface area contributed by atoms with Crippen molar-refractivity contribution < 1.29 is 0 Å². The summed E-state index contributed by atoms with van der Waals surface area (Å²) in [5, 5.41) is 0. The summed E-state index contributed by atoms with van der Waals surface area (Å²) < 4.78 is 0. The minimum Gasteiger partial charge on any atom is -0.301 e. The smallest absolute Gasteiger partial charge is 0.0720 e. The summed E-state index contributed by atoms with van der Waals surface area (Å²) in [4.78, 5) is 2.65. The molecule has 0 aromatic rings. The van der Waals surface area contributed by atoms with Crippen molar-refractivity contribution >= 4 is 7.85 Å². The third kappa shape index (κ3) is 2.28. The monoisotopic (exact) mass is 177 g/mol. The lowest BCUT2D eigenvalue weighted by atomic mass is 9.71. The molecule has 1 heterocycles. The van der Waals surface area contributed by atoms with Crippen LogP contribution >= 0.6 is 0 Å². The van der Waals surface area contributed by atoms with Gasteiger partial charge in [-0.25, -0.2) is 0 Å². The topological polar surface area (TPSA) is 3.24 Å². The molecule has 1 aliphatic heterocycles. The highest BCUT2D eigenvalue weighted by molar-refractivity contribution is 6.12. The third-order valence-corrected chi connectivity index (χ3v) is 3.64. The Morgan fingerprint density at radius 1 is 0.846 bits per heavy atom. The van der Waals surface area contributed by atoms with Crippen LogP contribution in [0.2, 0.25) is 5.82 Å². The predicted octanol–water partition coefficient (Wildman–Crippen LogP) is 2.37. The fourth-order valence-electron chi connectivity index (χ4n) is 2.84. The molecular formula is C11H20BN. The van der Waals surface area contributed by atoms with Gasteiger partial charge in [-0.3, -0.25) is 0 Å². The van der Waals surface area contributed by atoms with Gasteiger partial charge in [-0.05, 0) is 32.4 Å². The van der Waals surface area contributed by atoms with Crippen molar-refractivity contribution in [3.63, 3.8) is 0 Å². The van der Waals surface area contributed by atoms with Crippen molar-refractivity contribution in [2.24, 2.45) is 0 Å². The first-order valence-corrected chi connectivity index (χ1v) is 5.87. The van der Waals surface area contributed by atoms with Gasteiger partial charge < -0.3 is 4.90 Å². The zero-order chi connectivity index (χ0) is 9.10. The second-order valence-corrected chi connectivity index (χ2v) is 4.61. The van der Waals surface area contributed by atoms with Crippen LogP contribution in [0, 0.1) is 0 Å². The number of rotatable bonds is 1. The van der Waals surface area contributed by atoms with Crippen molar-refractivity contribution in [3.05, 3.63) is 0 Å². The van der Waals surface area contributed by atoms with Crippen LogP contribution in [0.4, 0.5) is 0 Å². The molecular weight excluding hydrogens is 157 g/mol. The van der Waals surface area contributed by atoms with E-state index in [2.05, 4.69) is 4.90 Å². The van der Waals surface area contributed by atoms with Crippen LogP contribution < -0.4 is 0 Å². The third-order valence-electron chi connectivity index (χ3n) is 3.64. The first kappa shape index (κ1) is 9.58. The quantitative estimate of drug-likeness (QED) is 0.556.